The minimum atomic E-state index is -0.287. The van der Waals surface area contributed by atoms with Crippen molar-refractivity contribution in [1.29, 1.82) is 0 Å². The van der Waals surface area contributed by atoms with Gasteiger partial charge in [0.2, 0.25) is 0 Å². The maximum atomic E-state index is 5.05. The predicted octanol–water partition coefficient (Wildman–Crippen LogP) is 3.38. The fourth-order valence-electron chi connectivity index (χ4n) is 1.60. The first-order valence-corrected chi connectivity index (χ1v) is 7.87. The Hall–Kier alpha value is 0.700. The molecule has 0 N–H and O–H groups in total. The Labute approximate surface area is 95.4 Å². The third kappa shape index (κ3) is 5.55. The number of methoxy groups -OCH3 is 1. The first-order valence-electron chi connectivity index (χ1n) is 5.24. The summed E-state index contributed by atoms with van der Waals surface area (Å²) in [5.74, 6) is 0. The molecule has 0 aromatic heterocycles. The Bertz CT molecular complexity index is 136. The van der Waals surface area contributed by atoms with Gasteiger partial charge >= 0.3 is 0 Å². The van der Waals surface area contributed by atoms with E-state index in [2.05, 4.69) is 32.4 Å². The van der Waals surface area contributed by atoms with Crippen molar-refractivity contribution in [3.05, 3.63) is 0 Å². The van der Waals surface area contributed by atoms with Crippen LogP contribution in [0.5, 0.6) is 0 Å². The van der Waals surface area contributed by atoms with Crippen molar-refractivity contribution < 1.29 is 4.74 Å². The number of rotatable bonds is 7. The van der Waals surface area contributed by atoms with Crippen LogP contribution in [0.15, 0.2) is 0 Å². The molecule has 0 saturated heterocycles. The molecule has 2 nitrogen and oxygen atoms in total. The second-order valence-electron chi connectivity index (χ2n) is 4.01. The van der Waals surface area contributed by atoms with Gasteiger partial charge in [-0.1, -0.05) is 0 Å². The van der Waals surface area contributed by atoms with Crippen LogP contribution >= 0.6 is 19.5 Å². The van der Waals surface area contributed by atoms with Crippen molar-refractivity contribution >= 4 is 19.5 Å². The van der Waals surface area contributed by atoms with Crippen molar-refractivity contribution in [1.82, 2.24) is 4.67 Å². The Kier molecular flexibility index (Phi) is 8.32. The molecule has 0 rings (SSSR count). The molecule has 0 aromatic carbocycles. The van der Waals surface area contributed by atoms with E-state index in [1.54, 1.807) is 7.11 Å². The van der Waals surface area contributed by atoms with Crippen LogP contribution in [0.3, 0.4) is 0 Å². The molecule has 14 heavy (non-hydrogen) atoms. The van der Waals surface area contributed by atoms with Gasteiger partial charge in [-0.3, -0.25) is 4.67 Å². The van der Waals surface area contributed by atoms with E-state index in [0.717, 1.165) is 19.2 Å². The summed E-state index contributed by atoms with van der Waals surface area (Å²) in [7, 11) is 1.47. The maximum absolute atomic E-state index is 5.05. The summed E-state index contributed by atoms with van der Waals surface area (Å²) in [6.45, 7) is 9.80. The fraction of sp³-hybridized carbons (Fsp3) is 1.00. The third-order valence-electron chi connectivity index (χ3n) is 2.03. The van der Waals surface area contributed by atoms with Crippen LogP contribution in [-0.2, 0) is 4.74 Å². The number of hydrogen-bond acceptors (Lipinski definition) is 3. The van der Waals surface area contributed by atoms with Gasteiger partial charge in [-0.25, -0.2) is 0 Å². The summed E-state index contributed by atoms with van der Waals surface area (Å²) in [6, 6.07) is 1.17. The van der Waals surface area contributed by atoms with Crippen molar-refractivity contribution in [2.24, 2.45) is 0 Å². The van der Waals surface area contributed by atoms with Crippen LogP contribution in [0.25, 0.3) is 0 Å². The first kappa shape index (κ1) is 14.7. The minimum Gasteiger partial charge on any atom is -0.385 e. The minimum absolute atomic E-state index is 0.287. The molecular formula is C10H24NOPS. The largest absolute Gasteiger partial charge is 0.385 e. The number of ether oxygens (including phenoxy) is 1. The summed E-state index contributed by atoms with van der Waals surface area (Å²) in [5, 5.41) is 0. The van der Waals surface area contributed by atoms with Gasteiger partial charge in [0.25, 0.3) is 0 Å². The lowest BCUT2D eigenvalue weighted by atomic mass is 10.3. The Balaban J connectivity index is 3.96. The lowest BCUT2D eigenvalue weighted by Gasteiger charge is -2.35. The van der Waals surface area contributed by atoms with Gasteiger partial charge < -0.3 is 4.74 Å². The van der Waals surface area contributed by atoms with E-state index < -0.39 is 0 Å². The summed E-state index contributed by atoms with van der Waals surface area (Å²) in [5.41, 5.74) is 0. The smallest absolute Gasteiger partial charge is 0.0466 e. The van der Waals surface area contributed by atoms with Gasteiger partial charge in [-0.2, -0.15) is 0 Å². The van der Waals surface area contributed by atoms with Crippen LogP contribution in [-0.4, -0.2) is 36.6 Å². The average molecular weight is 237 g/mol. The molecule has 0 aliphatic carbocycles. The van der Waals surface area contributed by atoms with Crippen molar-refractivity contribution in [3.63, 3.8) is 0 Å². The summed E-state index contributed by atoms with van der Waals surface area (Å²) in [6.07, 6.45) is 2.27. The highest BCUT2D eigenvalue weighted by atomic mass is 32.7. The van der Waals surface area contributed by atoms with E-state index in [1.807, 2.05) is 0 Å². The number of hydrogen-bond donors (Lipinski definition) is 1. The molecule has 4 heteroatoms. The Morgan fingerprint density at radius 3 is 2.07 bits per heavy atom. The highest BCUT2D eigenvalue weighted by molar-refractivity contribution is 8.44. The highest BCUT2D eigenvalue weighted by Crippen LogP contribution is 2.48. The lowest BCUT2D eigenvalue weighted by Crippen LogP contribution is -2.31. The molecular weight excluding hydrogens is 213 g/mol. The monoisotopic (exact) mass is 237 g/mol. The van der Waals surface area contributed by atoms with Crippen molar-refractivity contribution in [2.45, 2.75) is 46.2 Å². The van der Waals surface area contributed by atoms with Crippen LogP contribution in [0.2, 0.25) is 0 Å². The highest BCUT2D eigenvalue weighted by Gasteiger charge is 2.20. The molecule has 0 bridgehead atoms. The van der Waals surface area contributed by atoms with Crippen LogP contribution in [0.4, 0.5) is 0 Å². The van der Waals surface area contributed by atoms with Gasteiger partial charge in [-0.05, 0) is 40.3 Å². The Morgan fingerprint density at radius 2 is 1.71 bits per heavy atom. The van der Waals surface area contributed by atoms with Gasteiger partial charge in [0, 0.05) is 33.1 Å². The van der Waals surface area contributed by atoms with Gasteiger partial charge in [0.15, 0.2) is 0 Å². The van der Waals surface area contributed by atoms with Crippen LogP contribution < -0.4 is 0 Å². The van der Waals surface area contributed by atoms with Crippen LogP contribution in [0, 0.1) is 0 Å². The molecule has 1 unspecified atom stereocenters. The quantitative estimate of drug-likeness (QED) is 0.414. The fourth-order valence-corrected chi connectivity index (χ4v) is 4.97. The van der Waals surface area contributed by atoms with E-state index in [0.29, 0.717) is 12.1 Å². The van der Waals surface area contributed by atoms with E-state index in [1.165, 1.54) is 0 Å². The average Bonchev–Trinajstić information content (AvgIpc) is 2.03. The second-order valence-corrected chi connectivity index (χ2v) is 7.05. The molecule has 0 amide bonds. The molecule has 0 fully saturated rings. The molecule has 86 valence electrons. The van der Waals surface area contributed by atoms with E-state index in [-0.39, 0.29) is 7.27 Å². The topological polar surface area (TPSA) is 12.5 Å². The number of nitrogens with zero attached hydrogens (tertiary/aromatic N) is 1. The zero-order chi connectivity index (χ0) is 11.1. The zero-order valence-corrected chi connectivity index (χ0v) is 11.8. The van der Waals surface area contributed by atoms with E-state index in [9.17, 15) is 0 Å². The van der Waals surface area contributed by atoms with Gasteiger partial charge in [-0.15, -0.1) is 12.2 Å². The molecule has 0 aromatic rings. The summed E-state index contributed by atoms with van der Waals surface area (Å²) in [4.78, 5) is 0. The zero-order valence-electron chi connectivity index (χ0n) is 10.0. The maximum Gasteiger partial charge on any atom is 0.0466 e. The second kappa shape index (κ2) is 7.92. The van der Waals surface area contributed by atoms with E-state index >= 15 is 0 Å². The normalized spacial score (nSPS) is 14.4. The summed E-state index contributed by atoms with van der Waals surface area (Å²) >= 11 is 4.71. The van der Waals surface area contributed by atoms with Crippen LogP contribution in [0.1, 0.15) is 34.1 Å². The molecule has 0 aliphatic rings. The van der Waals surface area contributed by atoms with Gasteiger partial charge in [0.1, 0.15) is 0 Å². The van der Waals surface area contributed by atoms with E-state index in [4.69, 9.17) is 17.0 Å². The summed E-state index contributed by atoms with van der Waals surface area (Å²) < 4.78 is 7.54. The Morgan fingerprint density at radius 1 is 1.21 bits per heavy atom. The first-order chi connectivity index (χ1) is 6.50. The molecule has 0 saturated carbocycles. The van der Waals surface area contributed by atoms with Crippen molar-refractivity contribution in [3.8, 4) is 0 Å². The van der Waals surface area contributed by atoms with Gasteiger partial charge in [0.05, 0.1) is 0 Å². The predicted molar refractivity (Wildman–Crippen MR) is 69.4 cm³/mol. The molecule has 0 heterocycles. The molecule has 0 spiro atoms. The molecule has 1 atom stereocenters. The molecule has 0 aliphatic heterocycles. The van der Waals surface area contributed by atoms with Crippen molar-refractivity contribution in [2.75, 3.05) is 19.9 Å². The lowest BCUT2D eigenvalue weighted by molar-refractivity contribution is 0.199. The number of thiol groups is 1. The third-order valence-corrected chi connectivity index (χ3v) is 5.42. The molecule has 0 radical (unpaired) electrons. The SMILES string of the molecule is COCCCP(S)N(C(C)C)C(C)C. The standard InChI is InChI=1S/C10H24NOPS/c1-9(2)11(10(3)4)13(14)8-6-7-12-5/h9-10,14H,6-8H2,1-5H3.